The number of hydrogen-bond acceptors (Lipinski definition) is 4. The van der Waals surface area contributed by atoms with Gasteiger partial charge in [0, 0.05) is 9.37 Å². The molecule has 0 aliphatic rings. The zero-order chi connectivity index (χ0) is 18.7. The van der Waals surface area contributed by atoms with Crippen LogP contribution in [0, 0.1) is 0 Å². The van der Waals surface area contributed by atoms with E-state index in [2.05, 4.69) is 26.2 Å². The predicted octanol–water partition coefficient (Wildman–Crippen LogP) is 4.11. The summed E-state index contributed by atoms with van der Waals surface area (Å²) in [4.78, 5) is 29.2. The lowest BCUT2D eigenvalue weighted by Crippen LogP contribution is -2.28. The number of alkyl halides is 2. The Morgan fingerprint density at radius 1 is 1.27 bits per heavy atom. The van der Waals surface area contributed by atoms with Gasteiger partial charge in [-0.25, -0.2) is 4.98 Å². The predicted molar refractivity (Wildman–Crippen MR) is 101 cm³/mol. The normalized spacial score (nSPS) is 11.1. The van der Waals surface area contributed by atoms with Crippen LogP contribution in [0.15, 0.2) is 63.0 Å². The number of fused-ring (bicyclic) bond motifs is 1. The molecule has 0 aliphatic carbocycles. The van der Waals surface area contributed by atoms with Crippen LogP contribution in [0.2, 0.25) is 0 Å². The molecule has 3 aromatic rings. The number of para-hydroxylation sites is 1. The molecular formula is C17H12BrF2N3O2S. The summed E-state index contributed by atoms with van der Waals surface area (Å²) in [5.41, 5.74) is 0.433. The quantitative estimate of drug-likeness (QED) is 0.607. The van der Waals surface area contributed by atoms with Crippen LogP contribution in [-0.2, 0) is 11.3 Å². The first-order chi connectivity index (χ1) is 12.4. The third-order valence-corrected chi connectivity index (χ3v) is 4.76. The molecule has 0 fully saturated rings. The zero-order valence-electron chi connectivity index (χ0n) is 13.2. The van der Waals surface area contributed by atoms with Gasteiger partial charge in [-0.2, -0.15) is 8.78 Å². The molecule has 1 aromatic heterocycles. The molecule has 9 heteroatoms. The van der Waals surface area contributed by atoms with Gasteiger partial charge < -0.3 is 5.32 Å². The molecule has 0 atom stereocenters. The Hall–Kier alpha value is -2.26. The van der Waals surface area contributed by atoms with E-state index in [0.717, 1.165) is 4.47 Å². The fraction of sp³-hybridized carbons (Fsp3) is 0.118. The maximum atomic E-state index is 12.6. The lowest BCUT2D eigenvalue weighted by molar-refractivity contribution is -0.116. The molecule has 134 valence electrons. The fourth-order valence-electron chi connectivity index (χ4n) is 2.36. The van der Waals surface area contributed by atoms with Gasteiger partial charge in [-0.1, -0.05) is 39.8 Å². The average Bonchev–Trinajstić information content (AvgIpc) is 2.59. The minimum absolute atomic E-state index is 0.253. The smallest absolute Gasteiger partial charge is 0.288 e. The van der Waals surface area contributed by atoms with Crippen molar-refractivity contribution in [3.63, 3.8) is 0 Å². The first kappa shape index (κ1) is 18.5. The molecule has 1 N–H and O–H groups in total. The van der Waals surface area contributed by atoms with Crippen LogP contribution in [0.25, 0.3) is 10.9 Å². The van der Waals surface area contributed by atoms with Gasteiger partial charge in [0.15, 0.2) is 0 Å². The van der Waals surface area contributed by atoms with Gasteiger partial charge in [0.05, 0.1) is 22.9 Å². The molecule has 2 aromatic carbocycles. The SMILES string of the molecule is O=C(Cn1cnc2ccc(Br)cc2c1=O)Nc1ccccc1SC(F)F. The number of amides is 1. The first-order valence-electron chi connectivity index (χ1n) is 7.42. The number of rotatable bonds is 5. The van der Waals surface area contributed by atoms with E-state index in [1.807, 2.05) is 0 Å². The first-order valence-corrected chi connectivity index (χ1v) is 9.09. The second-order valence-corrected chi connectivity index (χ2v) is 7.21. The van der Waals surface area contributed by atoms with E-state index >= 15 is 0 Å². The molecule has 0 aliphatic heterocycles. The number of halogens is 3. The van der Waals surface area contributed by atoms with E-state index in [-0.39, 0.29) is 22.7 Å². The Balaban J connectivity index is 1.82. The fourth-order valence-corrected chi connectivity index (χ4v) is 3.31. The van der Waals surface area contributed by atoms with E-state index in [0.29, 0.717) is 22.7 Å². The van der Waals surface area contributed by atoms with Crippen molar-refractivity contribution in [2.75, 3.05) is 5.32 Å². The molecule has 0 unspecified atom stereocenters. The van der Waals surface area contributed by atoms with E-state index < -0.39 is 11.7 Å². The number of carbonyl (C=O) groups excluding carboxylic acids is 1. The highest BCUT2D eigenvalue weighted by molar-refractivity contribution is 9.10. The Morgan fingerprint density at radius 2 is 2.04 bits per heavy atom. The van der Waals surface area contributed by atoms with Crippen molar-refractivity contribution in [2.24, 2.45) is 0 Å². The number of nitrogens with zero attached hydrogens (tertiary/aromatic N) is 2. The van der Waals surface area contributed by atoms with E-state index in [1.165, 1.54) is 23.0 Å². The van der Waals surface area contributed by atoms with Crippen molar-refractivity contribution in [3.05, 3.63) is 63.6 Å². The number of nitrogens with one attached hydrogen (secondary N) is 1. The van der Waals surface area contributed by atoms with Crippen molar-refractivity contribution < 1.29 is 13.6 Å². The van der Waals surface area contributed by atoms with Gasteiger partial charge in [0.2, 0.25) is 5.91 Å². The molecule has 0 spiro atoms. The molecule has 0 bridgehead atoms. The molecule has 0 radical (unpaired) electrons. The van der Waals surface area contributed by atoms with Crippen molar-refractivity contribution in [3.8, 4) is 0 Å². The summed E-state index contributed by atoms with van der Waals surface area (Å²) >= 11 is 3.64. The van der Waals surface area contributed by atoms with Crippen LogP contribution < -0.4 is 10.9 Å². The number of thioether (sulfide) groups is 1. The minimum atomic E-state index is -2.60. The number of benzene rings is 2. The highest BCUT2D eigenvalue weighted by atomic mass is 79.9. The van der Waals surface area contributed by atoms with Crippen molar-refractivity contribution in [2.45, 2.75) is 17.2 Å². The third kappa shape index (κ3) is 4.28. The maximum Gasteiger partial charge on any atom is 0.288 e. The molecule has 3 rings (SSSR count). The molecule has 0 saturated heterocycles. The van der Waals surface area contributed by atoms with Crippen LogP contribution in [-0.4, -0.2) is 21.2 Å². The van der Waals surface area contributed by atoms with Crippen LogP contribution in [0.1, 0.15) is 0 Å². The van der Waals surface area contributed by atoms with Gasteiger partial charge in [-0.3, -0.25) is 14.2 Å². The van der Waals surface area contributed by atoms with Crippen molar-refractivity contribution in [1.82, 2.24) is 9.55 Å². The lowest BCUT2D eigenvalue weighted by Gasteiger charge is -2.11. The summed E-state index contributed by atoms with van der Waals surface area (Å²) in [7, 11) is 0. The summed E-state index contributed by atoms with van der Waals surface area (Å²) in [5.74, 6) is -3.11. The van der Waals surface area contributed by atoms with Gasteiger partial charge in [0.1, 0.15) is 6.54 Å². The van der Waals surface area contributed by atoms with Crippen LogP contribution in [0.4, 0.5) is 14.5 Å². The van der Waals surface area contributed by atoms with E-state index in [9.17, 15) is 18.4 Å². The van der Waals surface area contributed by atoms with E-state index in [1.54, 1.807) is 30.3 Å². The molecule has 5 nitrogen and oxygen atoms in total. The molecule has 26 heavy (non-hydrogen) atoms. The van der Waals surface area contributed by atoms with E-state index in [4.69, 9.17) is 0 Å². The van der Waals surface area contributed by atoms with Gasteiger partial charge in [0.25, 0.3) is 11.3 Å². The second kappa shape index (κ2) is 7.96. The number of carbonyl (C=O) groups is 1. The largest absolute Gasteiger partial charge is 0.324 e. The Labute approximate surface area is 159 Å². The number of anilines is 1. The zero-order valence-corrected chi connectivity index (χ0v) is 15.6. The third-order valence-electron chi connectivity index (χ3n) is 3.48. The maximum absolute atomic E-state index is 12.6. The van der Waals surface area contributed by atoms with Crippen LogP contribution in [0.3, 0.4) is 0 Å². The van der Waals surface area contributed by atoms with Crippen LogP contribution in [0.5, 0.6) is 0 Å². The van der Waals surface area contributed by atoms with Gasteiger partial charge in [-0.05, 0) is 30.3 Å². The van der Waals surface area contributed by atoms with Crippen molar-refractivity contribution >= 4 is 50.2 Å². The van der Waals surface area contributed by atoms with Gasteiger partial charge >= 0.3 is 0 Å². The lowest BCUT2D eigenvalue weighted by atomic mass is 10.2. The highest BCUT2D eigenvalue weighted by Gasteiger charge is 2.13. The summed E-state index contributed by atoms with van der Waals surface area (Å²) in [6, 6.07) is 11.4. The molecular weight excluding hydrogens is 428 g/mol. The number of hydrogen-bond donors (Lipinski definition) is 1. The Kier molecular flexibility index (Phi) is 5.67. The second-order valence-electron chi connectivity index (χ2n) is 5.26. The number of aromatic nitrogens is 2. The summed E-state index contributed by atoms with van der Waals surface area (Å²) in [6.45, 7) is -0.276. The summed E-state index contributed by atoms with van der Waals surface area (Å²) in [6.07, 6.45) is 1.29. The van der Waals surface area contributed by atoms with Gasteiger partial charge in [-0.15, -0.1) is 0 Å². The highest BCUT2D eigenvalue weighted by Crippen LogP contribution is 2.31. The van der Waals surface area contributed by atoms with Crippen LogP contribution >= 0.6 is 27.7 Å². The molecule has 1 amide bonds. The average molecular weight is 440 g/mol. The molecule has 0 saturated carbocycles. The molecule has 1 heterocycles. The summed E-state index contributed by atoms with van der Waals surface area (Å²) in [5, 5.41) is 2.94. The standard InChI is InChI=1S/C17H12BrF2N3O2S/c18-10-5-6-12-11(7-10)16(25)23(9-21-12)8-15(24)22-13-3-1-2-4-14(13)26-17(19)20/h1-7,9,17H,8H2,(H,22,24). The monoisotopic (exact) mass is 439 g/mol. The van der Waals surface area contributed by atoms with Crippen molar-refractivity contribution in [1.29, 1.82) is 0 Å². The topological polar surface area (TPSA) is 64.0 Å². The Morgan fingerprint density at radius 3 is 2.81 bits per heavy atom. The summed E-state index contributed by atoms with van der Waals surface area (Å²) < 4.78 is 27.1. The Bertz CT molecular complexity index is 1030. The minimum Gasteiger partial charge on any atom is -0.324 e.